The lowest BCUT2D eigenvalue weighted by molar-refractivity contribution is -0.457. The van der Waals surface area contributed by atoms with Gasteiger partial charge >= 0.3 is 35.6 Å². The van der Waals surface area contributed by atoms with Crippen molar-refractivity contribution in [3.63, 3.8) is 0 Å². The molecule has 1 fully saturated rings. The van der Waals surface area contributed by atoms with E-state index in [2.05, 4.69) is 0 Å². The zero-order valence-electron chi connectivity index (χ0n) is 10.3. The number of hydrogen-bond acceptors (Lipinski definition) is 1. The molecule has 1 aliphatic carbocycles. The zero-order valence-corrected chi connectivity index (χ0v) is 10.3. The Morgan fingerprint density at radius 3 is 1.41 bits per heavy atom. The minimum absolute atomic E-state index is 0.373. The van der Waals surface area contributed by atoms with E-state index in [9.17, 15) is 48.7 Å². The van der Waals surface area contributed by atoms with Crippen molar-refractivity contribution in [2.24, 2.45) is 5.92 Å². The summed E-state index contributed by atoms with van der Waals surface area (Å²) in [5.41, 5.74) is -1.42. The van der Waals surface area contributed by atoms with Crippen LogP contribution in [0.1, 0.15) is 6.92 Å². The maximum absolute atomic E-state index is 13.3. The summed E-state index contributed by atoms with van der Waals surface area (Å²) in [6.45, 7) is 0.373. The summed E-state index contributed by atoms with van der Waals surface area (Å²) in [4.78, 5) is 10.4. The molecule has 0 bridgehead atoms. The molecule has 0 atom stereocenters. The number of hydrogen-bond donors (Lipinski definition) is 1. The second kappa shape index (κ2) is 4.51. The summed E-state index contributed by atoms with van der Waals surface area (Å²) in [6, 6.07) is 0. The largest absolute Gasteiger partial charge is 0.478 e. The maximum atomic E-state index is 13.3. The Morgan fingerprint density at radius 2 is 1.14 bits per heavy atom. The maximum Gasteiger partial charge on any atom is 0.384 e. The summed E-state index contributed by atoms with van der Waals surface area (Å²) in [5.74, 6) is -39.9. The Hall–Kier alpha value is -1.49. The standard InChI is InChI=1S/C10H6F10O2/c1-3(5(21)22)2-4-6(11,12)8(15,16)10(19,20)9(17,18)7(4,13)14/h2,4H,1H3,(H,21,22). The van der Waals surface area contributed by atoms with Crippen molar-refractivity contribution < 1.29 is 53.8 Å². The fourth-order valence-corrected chi connectivity index (χ4v) is 1.76. The van der Waals surface area contributed by atoms with Crippen molar-refractivity contribution in [1.82, 2.24) is 0 Å². The number of alkyl halides is 10. The highest BCUT2D eigenvalue weighted by Crippen LogP contribution is 2.67. The van der Waals surface area contributed by atoms with Crippen molar-refractivity contribution in [2.45, 2.75) is 36.5 Å². The third kappa shape index (κ3) is 1.91. The van der Waals surface area contributed by atoms with E-state index in [1.54, 1.807) is 0 Å². The van der Waals surface area contributed by atoms with Crippen LogP contribution in [0, 0.1) is 5.92 Å². The molecule has 12 heteroatoms. The van der Waals surface area contributed by atoms with E-state index < -0.39 is 53.1 Å². The molecule has 0 aromatic carbocycles. The van der Waals surface area contributed by atoms with Crippen LogP contribution in [0.5, 0.6) is 0 Å². The first-order valence-corrected chi connectivity index (χ1v) is 5.27. The second-order valence-corrected chi connectivity index (χ2v) is 4.60. The number of allylic oxidation sites excluding steroid dienone is 1. The Bertz CT molecular complexity index is 492. The van der Waals surface area contributed by atoms with E-state index >= 15 is 0 Å². The van der Waals surface area contributed by atoms with Gasteiger partial charge in [-0.3, -0.25) is 0 Å². The van der Waals surface area contributed by atoms with Crippen LogP contribution < -0.4 is 0 Å². The Labute approximate surface area is 115 Å². The van der Waals surface area contributed by atoms with Crippen LogP contribution in [0.25, 0.3) is 0 Å². The van der Waals surface area contributed by atoms with E-state index in [0.29, 0.717) is 6.92 Å². The van der Waals surface area contributed by atoms with Crippen LogP contribution >= 0.6 is 0 Å². The first-order valence-electron chi connectivity index (χ1n) is 5.27. The Kier molecular flexibility index (Phi) is 3.80. The number of rotatable bonds is 2. The summed E-state index contributed by atoms with van der Waals surface area (Å²) < 4.78 is 131. The molecule has 0 aromatic rings. The highest BCUT2D eigenvalue weighted by molar-refractivity contribution is 5.85. The van der Waals surface area contributed by atoms with E-state index in [0.717, 1.165) is 0 Å². The van der Waals surface area contributed by atoms with Gasteiger partial charge in [-0.1, -0.05) is 6.08 Å². The molecule has 2 nitrogen and oxygen atoms in total. The molecule has 0 aliphatic heterocycles. The van der Waals surface area contributed by atoms with Crippen LogP contribution in [-0.4, -0.2) is 40.7 Å². The number of carboxylic acid groups (broad SMARTS) is 1. The molecular weight excluding hydrogens is 342 g/mol. The number of aliphatic carboxylic acids is 1. The van der Waals surface area contributed by atoms with Gasteiger partial charge in [0, 0.05) is 5.57 Å². The predicted octanol–water partition coefficient (Wildman–Crippen LogP) is 3.82. The minimum atomic E-state index is -7.05. The lowest BCUT2D eigenvalue weighted by Gasteiger charge is -2.49. The Morgan fingerprint density at radius 1 is 0.818 bits per heavy atom. The second-order valence-electron chi connectivity index (χ2n) is 4.60. The lowest BCUT2D eigenvalue weighted by Crippen LogP contribution is -2.77. The van der Waals surface area contributed by atoms with Gasteiger partial charge in [0.05, 0.1) is 0 Å². The fourth-order valence-electron chi connectivity index (χ4n) is 1.76. The van der Waals surface area contributed by atoms with E-state index in [1.807, 2.05) is 0 Å². The molecule has 1 aliphatic rings. The van der Waals surface area contributed by atoms with Crippen molar-refractivity contribution in [2.75, 3.05) is 0 Å². The minimum Gasteiger partial charge on any atom is -0.478 e. The monoisotopic (exact) mass is 348 g/mol. The molecular formula is C10H6F10O2. The van der Waals surface area contributed by atoms with E-state index in [-0.39, 0.29) is 0 Å². The third-order valence-corrected chi connectivity index (χ3v) is 3.16. The van der Waals surface area contributed by atoms with Gasteiger partial charge in [-0.25, -0.2) is 4.79 Å². The van der Waals surface area contributed by atoms with E-state index in [4.69, 9.17) is 5.11 Å². The van der Waals surface area contributed by atoms with Gasteiger partial charge in [0.1, 0.15) is 5.92 Å². The average molecular weight is 348 g/mol. The molecule has 1 saturated carbocycles. The summed E-state index contributed by atoms with van der Waals surface area (Å²) in [5, 5.41) is 8.33. The van der Waals surface area contributed by atoms with Crippen LogP contribution in [-0.2, 0) is 4.79 Å². The normalized spacial score (nSPS) is 29.1. The van der Waals surface area contributed by atoms with Crippen molar-refractivity contribution in [1.29, 1.82) is 0 Å². The van der Waals surface area contributed by atoms with Crippen molar-refractivity contribution in [3.8, 4) is 0 Å². The SMILES string of the molecule is CC(=CC1C(F)(F)C(F)(F)C(F)(F)C(F)(F)C1(F)F)C(=O)O. The third-order valence-electron chi connectivity index (χ3n) is 3.16. The molecule has 0 radical (unpaired) electrons. The van der Waals surface area contributed by atoms with Gasteiger partial charge in [-0.05, 0) is 6.92 Å². The van der Waals surface area contributed by atoms with Crippen LogP contribution in [0.2, 0.25) is 0 Å². The molecule has 0 saturated heterocycles. The van der Waals surface area contributed by atoms with Gasteiger partial charge < -0.3 is 5.11 Å². The highest BCUT2D eigenvalue weighted by Gasteiger charge is 2.94. The molecule has 0 spiro atoms. The zero-order chi connectivity index (χ0) is 17.9. The molecule has 22 heavy (non-hydrogen) atoms. The molecule has 0 heterocycles. The van der Waals surface area contributed by atoms with Crippen LogP contribution in [0.15, 0.2) is 11.6 Å². The summed E-state index contributed by atoms with van der Waals surface area (Å²) >= 11 is 0. The smallest absolute Gasteiger partial charge is 0.384 e. The fraction of sp³-hybridized carbons (Fsp3) is 0.700. The van der Waals surface area contributed by atoms with Crippen molar-refractivity contribution in [3.05, 3.63) is 11.6 Å². The van der Waals surface area contributed by atoms with Gasteiger partial charge in [0.15, 0.2) is 0 Å². The highest BCUT2D eigenvalue weighted by atomic mass is 19.4. The molecule has 128 valence electrons. The van der Waals surface area contributed by atoms with Gasteiger partial charge in [0.2, 0.25) is 0 Å². The number of carbonyl (C=O) groups is 1. The molecule has 1 rings (SSSR count). The number of carboxylic acids is 1. The van der Waals surface area contributed by atoms with Crippen LogP contribution in [0.4, 0.5) is 43.9 Å². The van der Waals surface area contributed by atoms with Gasteiger partial charge in [-0.15, -0.1) is 0 Å². The summed E-state index contributed by atoms with van der Waals surface area (Å²) in [6.07, 6.45) is -0.778. The first kappa shape index (κ1) is 18.6. The van der Waals surface area contributed by atoms with Gasteiger partial charge in [-0.2, -0.15) is 43.9 Å². The van der Waals surface area contributed by atoms with Crippen molar-refractivity contribution >= 4 is 5.97 Å². The predicted molar refractivity (Wildman–Crippen MR) is 49.6 cm³/mol. The molecule has 0 amide bonds. The topological polar surface area (TPSA) is 37.3 Å². The quantitative estimate of drug-likeness (QED) is 0.609. The van der Waals surface area contributed by atoms with Gasteiger partial charge in [0.25, 0.3) is 0 Å². The molecule has 1 N–H and O–H groups in total. The number of halogens is 10. The van der Waals surface area contributed by atoms with Crippen LogP contribution in [0.3, 0.4) is 0 Å². The lowest BCUT2D eigenvalue weighted by atomic mass is 9.74. The Balaban J connectivity index is 3.70. The summed E-state index contributed by atoms with van der Waals surface area (Å²) in [7, 11) is 0. The van der Waals surface area contributed by atoms with E-state index in [1.165, 1.54) is 0 Å². The average Bonchev–Trinajstić information content (AvgIpc) is 2.32. The molecule has 0 unspecified atom stereocenters. The molecule has 0 aromatic heterocycles. The first-order chi connectivity index (χ1) is 9.46.